The summed E-state index contributed by atoms with van der Waals surface area (Å²) < 4.78 is 54.7. The molecule has 2 aromatic heterocycles. The molecule has 0 radical (unpaired) electrons. The summed E-state index contributed by atoms with van der Waals surface area (Å²) >= 11 is 0. The molecule has 1 aliphatic rings. The van der Waals surface area contributed by atoms with E-state index in [1.54, 1.807) is 48.8 Å². The highest BCUT2D eigenvalue weighted by atomic mass is 19.4. The van der Waals surface area contributed by atoms with E-state index in [9.17, 15) is 27.2 Å². The maximum Gasteiger partial charge on any atom is 0.419 e. The van der Waals surface area contributed by atoms with Crippen molar-refractivity contribution in [1.82, 2.24) is 14.5 Å². The van der Waals surface area contributed by atoms with Crippen molar-refractivity contribution in [2.75, 3.05) is 11.4 Å². The highest BCUT2D eigenvalue weighted by Crippen LogP contribution is 2.35. The van der Waals surface area contributed by atoms with Gasteiger partial charge in [-0.3, -0.25) is 19.1 Å². The van der Waals surface area contributed by atoms with Crippen LogP contribution in [0.4, 0.5) is 29.2 Å². The zero-order valence-electron chi connectivity index (χ0n) is 18.0. The van der Waals surface area contributed by atoms with Gasteiger partial charge in [-0.1, -0.05) is 18.2 Å². The quantitative estimate of drug-likeness (QED) is 0.309. The molecule has 0 aliphatic carbocycles. The number of pyridine rings is 1. The van der Waals surface area contributed by atoms with Gasteiger partial charge in [0.1, 0.15) is 5.82 Å². The van der Waals surface area contributed by atoms with Gasteiger partial charge in [-0.2, -0.15) is 13.2 Å². The molecule has 0 amide bonds. The Balaban J connectivity index is 1.60. The van der Waals surface area contributed by atoms with Crippen LogP contribution in [0.25, 0.3) is 11.3 Å². The zero-order chi connectivity index (χ0) is 24.7. The molecule has 0 bridgehead atoms. The van der Waals surface area contributed by atoms with Gasteiger partial charge in [0.2, 0.25) is 5.95 Å². The van der Waals surface area contributed by atoms with E-state index in [1.165, 1.54) is 15.5 Å². The normalized spacial score (nSPS) is 12.7. The predicted octanol–water partition coefficient (Wildman–Crippen LogP) is 4.85. The van der Waals surface area contributed by atoms with Crippen molar-refractivity contribution in [1.29, 1.82) is 0 Å². The number of nitrogens with zero attached hydrogens (tertiary/aromatic N) is 4. The smallest absolute Gasteiger partial charge is 0.304 e. The fourth-order valence-electron chi connectivity index (χ4n) is 4.01. The molecule has 2 aromatic carbocycles. The first kappa shape index (κ1) is 22.5. The summed E-state index contributed by atoms with van der Waals surface area (Å²) in [4.78, 5) is 36.2. The number of anilines is 2. The van der Waals surface area contributed by atoms with Crippen molar-refractivity contribution >= 4 is 17.4 Å². The number of Topliss-reactive ketones (excluding diaryl/α,β-unsaturated/α-hetero) is 1. The molecule has 3 heterocycles. The number of hydrogen-bond acceptors (Lipinski definition) is 5. The maximum atomic E-state index is 13.7. The summed E-state index contributed by atoms with van der Waals surface area (Å²) in [6, 6.07) is 13.9. The first-order chi connectivity index (χ1) is 16.7. The van der Waals surface area contributed by atoms with E-state index in [1.807, 2.05) is 0 Å². The first-order valence-electron chi connectivity index (χ1n) is 10.5. The Morgan fingerprint density at radius 1 is 1.00 bits per heavy atom. The second-order valence-corrected chi connectivity index (χ2v) is 7.93. The van der Waals surface area contributed by atoms with Crippen molar-refractivity contribution in [2.45, 2.75) is 12.7 Å². The fraction of sp³-hybridized carbons (Fsp3) is 0.120. The van der Waals surface area contributed by atoms with Gasteiger partial charge in [-0.25, -0.2) is 9.37 Å². The summed E-state index contributed by atoms with van der Waals surface area (Å²) in [5, 5.41) is 0. The van der Waals surface area contributed by atoms with Crippen molar-refractivity contribution in [3.63, 3.8) is 0 Å². The summed E-state index contributed by atoms with van der Waals surface area (Å²) in [6.45, 7) is -0.195. The Kier molecular flexibility index (Phi) is 5.43. The van der Waals surface area contributed by atoms with Gasteiger partial charge >= 0.3 is 6.18 Å². The number of benzene rings is 2. The topological polar surface area (TPSA) is 68.1 Å². The fourth-order valence-corrected chi connectivity index (χ4v) is 4.01. The van der Waals surface area contributed by atoms with Crippen molar-refractivity contribution in [2.24, 2.45) is 0 Å². The molecule has 0 atom stereocenters. The Hall–Kier alpha value is -4.34. The van der Waals surface area contributed by atoms with E-state index in [-0.39, 0.29) is 23.6 Å². The lowest BCUT2D eigenvalue weighted by Gasteiger charge is -2.32. The Morgan fingerprint density at radius 2 is 1.74 bits per heavy atom. The number of ketones is 1. The maximum absolute atomic E-state index is 13.7. The molecule has 176 valence electrons. The van der Waals surface area contributed by atoms with Crippen LogP contribution in [0.5, 0.6) is 0 Å². The van der Waals surface area contributed by atoms with E-state index in [0.717, 1.165) is 11.6 Å². The van der Waals surface area contributed by atoms with Gasteiger partial charge in [0, 0.05) is 35.3 Å². The number of fused-ring (bicyclic) bond motifs is 2. The number of aromatic nitrogens is 3. The predicted molar refractivity (Wildman–Crippen MR) is 120 cm³/mol. The minimum atomic E-state index is -4.95. The van der Waals surface area contributed by atoms with Crippen LogP contribution < -0.4 is 10.5 Å². The van der Waals surface area contributed by atoms with E-state index in [0.29, 0.717) is 29.1 Å². The zero-order valence-corrected chi connectivity index (χ0v) is 18.0. The molecule has 4 aromatic rings. The third-order valence-corrected chi connectivity index (χ3v) is 5.71. The molecule has 6 nitrogen and oxygen atoms in total. The second-order valence-electron chi connectivity index (χ2n) is 7.93. The van der Waals surface area contributed by atoms with Gasteiger partial charge in [0.15, 0.2) is 5.78 Å². The Labute approximate surface area is 196 Å². The Bertz CT molecular complexity index is 1500. The monoisotopic (exact) mass is 480 g/mol. The lowest BCUT2D eigenvalue weighted by atomic mass is 10.0. The third kappa shape index (κ3) is 4.18. The molecule has 0 spiro atoms. The number of carbonyl (C=O) groups is 1. The highest BCUT2D eigenvalue weighted by molar-refractivity contribution is 6.00. The first-order valence-corrected chi connectivity index (χ1v) is 10.5. The van der Waals surface area contributed by atoms with Crippen molar-refractivity contribution in [3.8, 4) is 11.3 Å². The summed E-state index contributed by atoms with van der Waals surface area (Å²) in [7, 11) is 0. The van der Waals surface area contributed by atoms with Gasteiger partial charge in [-0.15, -0.1) is 0 Å². The standard InChI is InChI=1S/C25H16F4N4O2/c26-19-6-5-16(11-18(19)25(27,28)29)22(34)14-32-21-4-2-1-3-17(21)13-33-23(35)12-20(31-24(32)33)15-7-9-30-10-8-15/h1-12H,13-14H2. The molecule has 5 rings (SSSR count). The number of alkyl halides is 3. The number of rotatable bonds is 4. The molecule has 10 heteroatoms. The molecule has 1 aliphatic heterocycles. The molecule has 0 fully saturated rings. The largest absolute Gasteiger partial charge is 0.419 e. The molecule has 0 saturated heterocycles. The molecular formula is C25H16F4N4O2. The molecule has 0 N–H and O–H groups in total. The van der Waals surface area contributed by atoms with Crippen LogP contribution in [0, 0.1) is 5.82 Å². The average molecular weight is 480 g/mol. The van der Waals surface area contributed by atoms with Gasteiger partial charge < -0.3 is 4.90 Å². The molecule has 0 saturated carbocycles. The van der Waals surface area contributed by atoms with Crippen molar-refractivity contribution in [3.05, 3.63) is 106 Å². The van der Waals surface area contributed by atoms with E-state index in [2.05, 4.69) is 9.97 Å². The number of carbonyl (C=O) groups excluding carboxylic acids is 1. The van der Waals surface area contributed by atoms with Gasteiger partial charge in [0.05, 0.1) is 24.3 Å². The van der Waals surface area contributed by atoms with Crippen LogP contribution in [0.2, 0.25) is 0 Å². The lowest BCUT2D eigenvalue weighted by molar-refractivity contribution is -0.140. The molecule has 0 unspecified atom stereocenters. The van der Waals surface area contributed by atoms with E-state index >= 15 is 0 Å². The van der Waals surface area contributed by atoms with E-state index < -0.39 is 29.9 Å². The average Bonchev–Trinajstić information content (AvgIpc) is 2.84. The Morgan fingerprint density at radius 3 is 2.49 bits per heavy atom. The minimum absolute atomic E-state index is 0.175. The van der Waals surface area contributed by atoms with Gasteiger partial charge in [-0.05, 0) is 42.0 Å². The number of para-hydroxylation sites is 1. The van der Waals surface area contributed by atoms with Crippen molar-refractivity contribution < 1.29 is 22.4 Å². The number of halogens is 4. The van der Waals surface area contributed by atoms with Gasteiger partial charge in [0.25, 0.3) is 5.56 Å². The molecule has 35 heavy (non-hydrogen) atoms. The van der Waals surface area contributed by atoms with Crippen LogP contribution in [0.15, 0.2) is 77.9 Å². The van der Waals surface area contributed by atoms with Crippen LogP contribution >= 0.6 is 0 Å². The third-order valence-electron chi connectivity index (χ3n) is 5.71. The van der Waals surface area contributed by atoms with E-state index in [4.69, 9.17) is 0 Å². The summed E-state index contributed by atoms with van der Waals surface area (Å²) in [5.74, 6) is -1.98. The lowest BCUT2D eigenvalue weighted by Crippen LogP contribution is -2.37. The summed E-state index contributed by atoms with van der Waals surface area (Å²) in [6.07, 6.45) is -1.84. The van der Waals surface area contributed by atoms with Crippen LogP contribution in [-0.4, -0.2) is 26.9 Å². The van der Waals surface area contributed by atoms with Crippen LogP contribution in [0.3, 0.4) is 0 Å². The van der Waals surface area contributed by atoms with Crippen LogP contribution in [-0.2, 0) is 12.7 Å². The second kappa shape index (κ2) is 8.46. The summed E-state index contributed by atoms with van der Waals surface area (Å²) in [5.41, 5.74) is 0.162. The molecular weight excluding hydrogens is 464 g/mol. The SMILES string of the molecule is O=C(CN1c2ccccc2Cn2c1nc(-c1ccncc1)cc2=O)c1ccc(F)c(C(F)(F)F)c1. The van der Waals surface area contributed by atoms with Crippen LogP contribution in [0.1, 0.15) is 21.5 Å². The minimum Gasteiger partial charge on any atom is -0.304 e. The number of hydrogen-bond donors (Lipinski definition) is 0. The highest BCUT2D eigenvalue weighted by Gasteiger charge is 2.35.